The Morgan fingerprint density at radius 2 is 2.20 bits per heavy atom. The fourth-order valence-electron chi connectivity index (χ4n) is 1.63. The van der Waals surface area contributed by atoms with E-state index in [1.54, 1.807) is 0 Å². The minimum absolute atomic E-state index is 0.148. The van der Waals surface area contributed by atoms with E-state index in [9.17, 15) is 4.79 Å². The Hall–Kier alpha value is -0.730. The Balaban J connectivity index is 2.02. The molecule has 0 unspecified atom stereocenters. The van der Waals surface area contributed by atoms with Crippen LogP contribution in [0.3, 0.4) is 0 Å². The fraction of sp³-hybridized carbons (Fsp3) is 0.857. The number of rotatable bonds is 0. The Morgan fingerprint density at radius 1 is 1.40 bits per heavy atom. The summed E-state index contributed by atoms with van der Waals surface area (Å²) < 4.78 is 4.76. The molecule has 1 heterocycles. The number of amides is 1. The molecule has 2 aliphatic rings. The summed E-state index contributed by atoms with van der Waals surface area (Å²) in [5.41, 5.74) is 0.148. The van der Waals surface area contributed by atoms with Gasteiger partial charge >= 0.3 is 6.09 Å². The SMILES string of the molecule is O=C1NC2(CCC2)CCO1. The first-order valence-electron chi connectivity index (χ1n) is 3.76. The molecular weight excluding hydrogens is 130 g/mol. The van der Waals surface area contributed by atoms with Gasteiger partial charge in [-0.15, -0.1) is 0 Å². The van der Waals surface area contributed by atoms with Crippen molar-refractivity contribution in [3.8, 4) is 0 Å². The number of cyclic esters (lactones) is 1. The van der Waals surface area contributed by atoms with Crippen LogP contribution in [-0.4, -0.2) is 18.2 Å². The molecule has 0 bridgehead atoms. The summed E-state index contributed by atoms with van der Waals surface area (Å²) in [6.45, 7) is 0.603. The summed E-state index contributed by atoms with van der Waals surface area (Å²) in [5, 5.41) is 2.87. The van der Waals surface area contributed by atoms with E-state index in [1.165, 1.54) is 6.42 Å². The lowest BCUT2D eigenvalue weighted by Crippen LogP contribution is -2.57. The highest BCUT2D eigenvalue weighted by Crippen LogP contribution is 2.36. The lowest BCUT2D eigenvalue weighted by Gasteiger charge is -2.44. The third-order valence-corrected chi connectivity index (χ3v) is 2.49. The van der Waals surface area contributed by atoms with Gasteiger partial charge in [-0.1, -0.05) is 0 Å². The molecule has 3 heteroatoms. The molecule has 1 spiro atoms. The maximum absolute atomic E-state index is 10.7. The van der Waals surface area contributed by atoms with Crippen molar-refractivity contribution < 1.29 is 9.53 Å². The molecule has 1 saturated heterocycles. The molecular formula is C7H11NO2. The van der Waals surface area contributed by atoms with E-state index < -0.39 is 0 Å². The van der Waals surface area contributed by atoms with Crippen LogP contribution in [0.4, 0.5) is 4.79 Å². The zero-order valence-electron chi connectivity index (χ0n) is 5.85. The van der Waals surface area contributed by atoms with Crippen molar-refractivity contribution in [3.63, 3.8) is 0 Å². The van der Waals surface area contributed by atoms with Gasteiger partial charge in [0.05, 0.1) is 6.61 Å². The van der Waals surface area contributed by atoms with E-state index in [0.29, 0.717) is 6.61 Å². The van der Waals surface area contributed by atoms with Gasteiger partial charge in [0.2, 0.25) is 0 Å². The number of ether oxygens (including phenoxy) is 1. The predicted octanol–water partition coefficient (Wildman–Crippen LogP) is 1.04. The summed E-state index contributed by atoms with van der Waals surface area (Å²) in [7, 11) is 0. The van der Waals surface area contributed by atoms with Crippen LogP contribution in [0.15, 0.2) is 0 Å². The summed E-state index contributed by atoms with van der Waals surface area (Å²) >= 11 is 0. The number of carbonyl (C=O) groups excluding carboxylic acids is 1. The molecule has 0 radical (unpaired) electrons. The molecule has 0 atom stereocenters. The van der Waals surface area contributed by atoms with E-state index in [1.807, 2.05) is 0 Å². The van der Waals surface area contributed by atoms with Crippen LogP contribution in [0.5, 0.6) is 0 Å². The van der Waals surface area contributed by atoms with Crippen LogP contribution in [0, 0.1) is 0 Å². The average molecular weight is 141 g/mol. The normalized spacial score (nSPS) is 28.6. The van der Waals surface area contributed by atoms with Crippen molar-refractivity contribution in [2.75, 3.05) is 6.61 Å². The lowest BCUT2D eigenvalue weighted by atomic mass is 9.74. The standard InChI is InChI=1S/C7H11NO2/c9-6-8-7(2-1-3-7)4-5-10-6/h1-5H2,(H,8,9). The average Bonchev–Trinajstić information content (AvgIpc) is 1.85. The van der Waals surface area contributed by atoms with Crippen LogP contribution in [0.1, 0.15) is 25.7 Å². The number of hydrogen-bond donors (Lipinski definition) is 1. The molecule has 2 rings (SSSR count). The van der Waals surface area contributed by atoms with Crippen molar-refractivity contribution >= 4 is 6.09 Å². The molecule has 1 N–H and O–H groups in total. The Kier molecular flexibility index (Phi) is 1.13. The highest BCUT2D eigenvalue weighted by Gasteiger charge is 2.41. The Morgan fingerprint density at radius 3 is 2.60 bits per heavy atom. The van der Waals surface area contributed by atoms with E-state index in [4.69, 9.17) is 4.74 Å². The van der Waals surface area contributed by atoms with Gasteiger partial charge < -0.3 is 10.1 Å². The molecule has 56 valence electrons. The summed E-state index contributed by atoms with van der Waals surface area (Å²) in [4.78, 5) is 10.7. The Labute approximate surface area is 59.7 Å². The molecule has 0 aromatic rings. The van der Waals surface area contributed by atoms with Crippen molar-refractivity contribution in [1.82, 2.24) is 5.32 Å². The van der Waals surface area contributed by atoms with Crippen LogP contribution in [0.25, 0.3) is 0 Å². The molecule has 3 nitrogen and oxygen atoms in total. The van der Waals surface area contributed by atoms with Gasteiger partial charge in [0.25, 0.3) is 0 Å². The topological polar surface area (TPSA) is 38.3 Å². The molecule has 0 aromatic carbocycles. The van der Waals surface area contributed by atoms with E-state index in [0.717, 1.165) is 19.3 Å². The Bertz CT molecular complexity index is 163. The van der Waals surface area contributed by atoms with Crippen LogP contribution < -0.4 is 5.32 Å². The zero-order valence-corrected chi connectivity index (χ0v) is 5.85. The minimum Gasteiger partial charge on any atom is -0.449 e. The van der Waals surface area contributed by atoms with E-state index in [2.05, 4.69) is 5.32 Å². The molecule has 2 fully saturated rings. The molecule has 1 aliphatic heterocycles. The number of carbonyl (C=O) groups is 1. The predicted molar refractivity (Wildman–Crippen MR) is 35.7 cm³/mol. The third-order valence-electron chi connectivity index (χ3n) is 2.49. The van der Waals surface area contributed by atoms with Gasteiger partial charge in [0.15, 0.2) is 0 Å². The van der Waals surface area contributed by atoms with Crippen molar-refractivity contribution in [3.05, 3.63) is 0 Å². The molecule has 1 aliphatic carbocycles. The van der Waals surface area contributed by atoms with E-state index in [-0.39, 0.29) is 11.6 Å². The van der Waals surface area contributed by atoms with Gasteiger partial charge in [0, 0.05) is 12.0 Å². The highest BCUT2D eigenvalue weighted by atomic mass is 16.6. The van der Waals surface area contributed by atoms with E-state index >= 15 is 0 Å². The van der Waals surface area contributed by atoms with Crippen molar-refractivity contribution in [2.45, 2.75) is 31.2 Å². The van der Waals surface area contributed by atoms with Crippen molar-refractivity contribution in [2.24, 2.45) is 0 Å². The number of alkyl carbamates (subject to hydrolysis) is 1. The summed E-state index contributed by atoms with van der Waals surface area (Å²) in [5.74, 6) is 0. The smallest absolute Gasteiger partial charge is 0.407 e. The summed E-state index contributed by atoms with van der Waals surface area (Å²) in [6, 6.07) is 0. The second-order valence-electron chi connectivity index (χ2n) is 3.14. The summed E-state index contributed by atoms with van der Waals surface area (Å²) in [6.07, 6.45) is 4.30. The quantitative estimate of drug-likeness (QED) is 0.547. The maximum atomic E-state index is 10.7. The number of nitrogens with one attached hydrogen (secondary N) is 1. The monoisotopic (exact) mass is 141 g/mol. The second kappa shape index (κ2) is 1.87. The molecule has 10 heavy (non-hydrogen) atoms. The largest absolute Gasteiger partial charge is 0.449 e. The fourth-order valence-corrected chi connectivity index (χ4v) is 1.63. The first-order valence-corrected chi connectivity index (χ1v) is 3.76. The van der Waals surface area contributed by atoms with Crippen molar-refractivity contribution in [1.29, 1.82) is 0 Å². The van der Waals surface area contributed by atoms with Gasteiger partial charge in [-0.25, -0.2) is 4.79 Å². The maximum Gasteiger partial charge on any atom is 0.407 e. The number of hydrogen-bond acceptors (Lipinski definition) is 2. The third kappa shape index (κ3) is 0.770. The van der Waals surface area contributed by atoms with Crippen LogP contribution >= 0.6 is 0 Å². The molecule has 0 aromatic heterocycles. The molecule has 1 amide bonds. The van der Waals surface area contributed by atoms with Gasteiger partial charge in [0.1, 0.15) is 0 Å². The lowest BCUT2D eigenvalue weighted by molar-refractivity contribution is 0.0542. The van der Waals surface area contributed by atoms with Crippen LogP contribution in [0.2, 0.25) is 0 Å². The van der Waals surface area contributed by atoms with Crippen LogP contribution in [-0.2, 0) is 4.74 Å². The first-order chi connectivity index (χ1) is 4.81. The second-order valence-corrected chi connectivity index (χ2v) is 3.14. The van der Waals surface area contributed by atoms with Gasteiger partial charge in [-0.3, -0.25) is 0 Å². The highest BCUT2D eigenvalue weighted by molar-refractivity contribution is 5.69. The molecule has 1 saturated carbocycles. The van der Waals surface area contributed by atoms with Gasteiger partial charge in [-0.2, -0.15) is 0 Å². The zero-order chi connectivity index (χ0) is 7.03. The minimum atomic E-state index is -0.231. The van der Waals surface area contributed by atoms with Gasteiger partial charge in [-0.05, 0) is 19.3 Å². The first kappa shape index (κ1) is 6.01.